The first-order valence-electron chi connectivity index (χ1n) is 9.18. The minimum absolute atomic E-state index is 0.0298. The summed E-state index contributed by atoms with van der Waals surface area (Å²) < 4.78 is 5.82. The maximum absolute atomic E-state index is 12.7. The third kappa shape index (κ3) is 4.99. The number of nitrogens with zero attached hydrogens (tertiary/aromatic N) is 2. The molecule has 0 radical (unpaired) electrons. The summed E-state index contributed by atoms with van der Waals surface area (Å²) >= 11 is 0. The van der Waals surface area contributed by atoms with Gasteiger partial charge >= 0.3 is 6.03 Å². The Balaban J connectivity index is 1.61. The van der Waals surface area contributed by atoms with E-state index >= 15 is 0 Å². The molecule has 2 aromatic rings. The number of rotatable bonds is 6. The van der Waals surface area contributed by atoms with Crippen molar-refractivity contribution in [3.8, 4) is 5.75 Å². The van der Waals surface area contributed by atoms with E-state index in [4.69, 9.17) is 4.74 Å². The fourth-order valence-corrected chi connectivity index (χ4v) is 3.29. The molecule has 0 saturated carbocycles. The summed E-state index contributed by atoms with van der Waals surface area (Å²) in [7, 11) is 3.99. The van der Waals surface area contributed by atoms with E-state index < -0.39 is 0 Å². The number of carbonyl (C=O) groups is 1. The van der Waals surface area contributed by atoms with Gasteiger partial charge in [0.1, 0.15) is 12.4 Å². The van der Waals surface area contributed by atoms with Gasteiger partial charge in [0, 0.05) is 24.3 Å². The number of likely N-dealkylation sites (tertiary alicyclic amines) is 1. The zero-order valence-electron chi connectivity index (χ0n) is 15.8. The molecule has 1 aliphatic heterocycles. The van der Waals surface area contributed by atoms with Crippen LogP contribution in [0.3, 0.4) is 0 Å². The van der Waals surface area contributed by atoms with Gasteiger partial charge in [-0.15, -0.1) is 0 Å². The number of aliphatic hydroxyl groups is 1. The van der Waals surface area contributed by atoms with E-state index in [0.717, 1.165) is 12.0 Å². The summed E-state index contributed by atoms with van der Waals surface area (Å²) in [6.07, 6.45) is 0.775. The highest BCUT2D eigenvalue weighted by atomic mass is 16.5. The van der Waals surface area contributed by atoms with Crippen molar-refractivity contribution < 1.29 is 14.6 Å². The van der Waals surface area contributed by atoms with Gasteiger partial charge in [-0.25, -0.2) is 4.79 Å². The van der Waals surface area contributed by atoms with Crippen LogP contribution in [0.15, 0.2) is 54.6 Å². The van der Waals surface area contributed by atoms with E-state index in [1.54, 1.807) is 4.90 Å². The van der Waals surface area contributed by atoms with Gasteiger partial charge in [-0.05, 0) is 38.2 Å². The number of likely N-dealkylation sites (N-methyl/N-ethyl adjacent to an activating group) is 1. The molecule has 0 aliphatic carbocycles. The highest BCUT2D eigenvalue weighted by Crippen LogP contribution is 2.23. The normalized spacial score (nSPS) is 19.3. The number of hydrogen-bond acceptors (Lipinski definition) is 4. The van der Waals surface area contributed by atoms with Crippen LogP contribution in [0, 0.1) is 0 Å². The van der Waals surface area contributed by atoms with Gasteiger partial charge in [0.25, 0.3) is 0 Å². The third-order valence-corrected chi connectivity index (χ3v) is 4.93. The molecule has 2 amide bonds. The molecular weight excluding hydrogens is 342 g/mol. The number of ether oxygens (including phenoxy) is 1. The Kier molecular flexibility index (Phi) is 6.32. The first-order valence-corrected chi connectivity index (χ1v) is 9.18. The lowest BCUT2D eigenvalue weighted by molar-refractivity contribution is 0.166. The average molecular weight is 369 g/mol. The lowest BCUT2D eigenvalue weighted by atomic mass is 10.2. The molecule has 1 aliphatic rings. The summed E-state index contributed by atoms with van der Waals surface area (Å²) in [5.74, 6) is 0.697. The lowest BCUT2D eigenvalue weighted by Gasteiger charge is -2.23. The molecule has 0 aromatic heterocycles. The van der Waals surface area contributed by atoms with Gasteiger partial charge in [-0.1, -0.05) is 36.4 Å². The largest absolute Gasteiger partial charge is 0.489 e. The molecule has 0 spiro atoms. The van der Waals surface area contributed by atoms with Gasteiger partial charge in [-0.3, -0.25) is 0 Å². The molecule has 2 atom stereocenters. The molecule has 2 aromatic carbocycles. The van der Waals surface area contributed by atoms with Crippen molar-refractivity contribution >= 4 is 11.7 Å². The quantitative estimate of drug-likeness (QED) is 0.822. The van der Waals surface area contributed by atoms with Gasteiger partial charge in [0.05, 0.1) is 12.6 Å². The highest BCUT2D eigenvalue weighted by molar-refractivity contribution is 5.90. The molecule has 3 rings (SSSR count). The second kappa shape index (κ2) is 8.88. The Labute approximate surface area is 160 Å². The van der Waals surface area contributed by atoms with Crippen LogP contribution in [-0.2, 0) is 6.61 Å². The second-order valence-corrected chi connectivity index (χ2v) is 7.07. The maximum Gasteiger partial charge on any atom is 0.322 e. The third-order valence-electron chi connectivity index (χ3n) is 4.93. The van der Waals surface area contributed by atoms with E-state index in [2.05, 4.69) is 10.2 Å². The van der Waals surface area contributed by atoms with E-state index in [0.29, 0.717) is 24.6 Å². The zero-order chi connectivity index (χ0) is 19.2. The van der Waals surface area contributed by atoms with E-state index in [9.17, 15) is 9.90 Å². The summed E-state index contributed by atoms with van der Waals surface area (Å²) in [5.41, 5.74) is 1.76. The van der Waals surface area contributed by atoms with Crippen LogP contribution in [0.2, 0.25) is 0 Å². The average Bonchev–Trinajstić information content (AvgIpc) is 3.12. The van der Waals surface area contributed by atoms with Gasteiger partial charge in [-0.2, -0.15) is 0 Å². The number of hydrogen-bond donors (Lipinski definition) is 2. The number of aliphatic hydroxyl groups excluding tert-OH is 1. The number of nitrogens with one attached hydrogen (secondary N) is 1. The molecule has 2 N–H and O–H groups in total. The molecule has 0 bridgehead atoms. The predicted octanol–water partition coefficient (Wildman–Crippen LogP) is 2.79. The number of benzene rings is 2. The summed E-state index contributed by atoms with van der Waals surface area (Å²) in [5, 5.41) is 12.5. The Morgan fingerprint density at radius 3 is 2.70 bits per heavy atom. The van der Waals surface area contributed by atoms with E-state index in [1.165, 1.54) is 0 Å². The Morgan fingerprint density at radius 2 is 2.00 bits per heavy atom. The maximum atomic E-state index is 12.7. The van der Waals surface area contributed by atoms with Crippen LogP contribution < -0.4 is 10.1 Å². The van der Waals surface area contributed by atoms with Crippen molar-refractivity contribution in [1.82, 2.24) is 9.80 Å². The first kappa shape index (κ1) is 19.2. The molecule has 6 nitrogen and oxygen atoms in total. The summed E-state index contributed by atoms with van der Waals surface area (Å²) in [6, 6.07) is 17.2. The number of urea groups is 1. The first-order chi connectivity index (χ1) is 13.1. The molecule has 1 saturated heterocycles. The molecule has 144 valence electrons. The Morgan fingerprint density at radius 1 is 1.22 bits per heavy atom. The molecule has 6 heteroatoms. The van der Waals surface area contributed by atoms with Crippen LogP contribution in [0.5, 0.6) is 5.75 Å². The predicted molar refractivity (Wildman–Crippen MR) is 106 cm³/mol. The van der Waals surface area contributed by atoms with Gasteiger partial charge in [0.15, 0.2) is 0 Å². The van der Waals surface area contributed by atoms with Crippen LogP contribution in [-0.4, -0.2) is 60.3 Å². The molecule has 27 heavy (non-hydrogen) atoms. The van der Waals surface area contributed by atoms with Crippen LogP contribution in [0.25, 0.3) is 0 Å². The summed E-state index contributed by atoms with van der Waals surface area (Å²) in [6.45, 7) is 1.05. The van der Waals surface area contributed by atoms with Gasteiger partial charge in [0.2, 0.25) is 0 Å². The summed E-state index contributed by atoms with van der Waals surface area (Å²) in [4.78, 5) is 16.5. The molecule has 1 fully saturated rings. The monoisotopic (exact) mass is 369 g/mol. The fraction of sp³-hybridized carbons (Fsp3) is 0.381. The van der Waals surface area contributed by atoms with Crippen molar-refractivity contribution in [1.29, 1.82) is 0 Å². The smallest absolute Gasteiger partial charge is 0.322 e. The number of carbonyl (C=O) groups excluding carboxylic acids is 1. The van der Waals surface area contributed by atoms with Gasteiger partial charge < -0.3 is 25.0 Å². The minimum atomic E-state index is -0.196. The van der Waals surface area contributed by atoms with Crippen molar-refractivity contribution in [2.45, 2.75) is 25.1 Å². The van der Waals surface area contributed by atoms with Crippen molar-refractivity contribution in [2.75, 3.05) is 32.6 Å². The Hall–Kier alpha value is -2.57. The fourth-order valence-electron chi connectivity index (χ4n) is 3.29. The zero-order valence-corrected chi connectivity index (χ0v) is 15.8. The van der Waals surface area contributed by atoms with Crippen molar-refractivity contribution in [2.24, 2.45) is 0 Å². The highest BCUT2D eigenvalue weighted by Gasteiger charge is 2.35. The topological polar surface area (TPSA) is 65.0 Å². The Bertz CT molecular complexity index is 751. The lowest BCUT2D eigenvalue weighted by Crippen LogP contribution is -2.41. The SMILES string of the molecule is CN(C)[C@@H]1C[C@@H](CO)N(C(=O)Nc2cccc(OCc3ccccc3)c2)C1. The van der Waals surface area contributed by atoms with Crippen molar-refractivity contribution in [3.63, 3.8) is 0 Å². The van der Waals surface area contributed by atoms with E-state index in [-0.39, 0.29) is 24.7 Å². The van der Waals surface area contributed by atoms with Crippen molar-refractivity contribution in [3.05, 3.63) is 60.2 Å². The standard InChI is InChI=1S/C21H27N3O3/c1-23(2)18-12-19(14-25)24(13-18)21(26)22-17-9-6-10-20(11-17)27-15-16-7-4-3-5-8-16/h3-11,18-19,25H,12-15H2,1-2H3,(H,22,26)/t18-,19+/m1/s1. The molecule has 1 heterocycles. The van der Waals surface area contributed by atoms with Crippen LogP contribution >= 0.6 is 0 Å². The number of anilines is 1. The molecule has 0 unspecified atom stereocenters. The number of amides is 2. The molecular formula is C21H27N3O3. The second-order valence-electron chi connectivity index (χ2n) is 7.07. The van der Waals surface area contributed by atoms with Crippen LogP contribution in [0.1, 0.15) is 12.0 Å². The van der Waals surface area contributed by atoms with E-state index in [1.807, 2.05) is 68.7 Å². The minimum Gasteiger partial charge on any atom is -0.489 e. The van der Waals surface area contributed by atoms with Crippen LogP contribution in [0.4, 0.5) is 10.5 Å².